The molecule has 0 bridgehead atoms. The van der Waals surface area contributed by atoms with E-state index in [1.165, 1.54) is 7.11 Å². The topological polar surface area (TPSA) is 49.8 Å². The fourth-order valence-corrected chi connectivity index (χ4v) is 6.46. The number of aliphatic hydroxyl groups is 1. The second kappa shape index (κ2) is 11.4. The summed E-state index contributed by atoms with van der Waals surface area (Å²) in [6.45, 7) is 5.17. The molecule has 0 fully saturated rings. The molecule has 0 saturated heterocycles. The van der Waals surface area contributed by atoms with E-state index < -0.39 is 10.4 Å². The van der Waals surface area contributed by atoms with Crippen molar-refractivity contribution in [2.24, 2.45) is 0 Å². The van der Waals surface area contributed by atoms with Crippen LogP contribution in [0.15, 0.2) is 91.0 Å². The fraction of sp³-hybridized carbons (Fsp3) is 0.296. The number of carbonyl (C=O) groups excluding carboxylic acids is 1. The molecule has 0 spiro atoms. The van der Waals surface area contributed by atoms with Gasteiger partial charge in [0.1, 0.15) is 0 Å². The first-order chi connectivity index (χ1) is 15.4. The van der Waals surface area contributed by atoms with Gasteiger partial charge in [0, 0.05) is 0 Å². The maximum absolute atomic E-state index is 12.9. The molecule has 0 unspecified atom stereocenters. The number of hydrogen-bond acceptors (Lipinski definition) is 4. The van der Waals surface area contributed by atoms with Gasteiger partial charge in [-0.3, -0.25) is 0 Å². The molecule has 32 heavy (non-hydrogen) atoms. The van der Waals surface area contributed by atoms with Crippen LogP contribution in [-0.2, 0) is 22.6 Å². The maximum atomic E-state index is 12.9. The van der Waals surface area contributed by atoms with E-state index >= 15 is 0 Å². The van der Waals surface area contributed by atoms with Crippen molar-refractivity contribution in [1.29, 1.82) is 0 Å². The summed E-state index contributed by atoms with van der Waals surface area (Å²) in [6.07, 6.45) is -0.900. The van der Waals surface area contributed by atoms with Crippen molar-refractivity contribution in [1.82, 2.24) is 4.90 Å². The van der Waals surface area contributed by atoms with E-state index in [1.807, 2.05) is 80.6 Å². The van der Waals surface area contributed by atoms with Crippen molar-refractivity contribution < 1.29 is 14.6 Å². The zero-order valence-corrected chi connectivity index (χ0v) is 20.6. The molecule has 3 atom stereocenters. The Morgan fingerprint density at radius 1 is 0.906 bits per heavy atom. The molecule has 0 radical (unpaired) electrons. The summed E-state index contributed by atoms with van der Waals surface area (Å²) in [5.41, 5.74) is 2.33. The summed E-state index contributed by atoms with van der Waals surface area (Å²) in [5.74, 6) is -0.375. The molecule has 4 nitrogen and oxygen atoms in total. The Hall–Kier alpha value is -2.43. The first-order valence-corrected chi connectivity index (χ1v) is 12.5. The molecular weight excluding hydrogens is 465 g/mol. The van der Waals surface area contributed by atoms with E-state index in [9.17, 15) is 9.90 Å². The van der Waals surface area contributed by atoms with Crippen LogP contribution in [0.4, 0.5) is 0 Å². The van der Waals surface area contributed by atoms with Crippen molar-refractivity contribution in [3.63, 3.8) is 0 Å². The van der Waals surface area contributed by atoms with E-state index in [0.29, 0.717) is 13.1 Å². The third-order valence-corrected chi connectivity index (χ3v) is 8.53. The molecule has 3 aromatic carbocycles. The van der Waals surface area contributed by atoms with E-state index in [2.05, 4.69) is 29.2 Å². The number of nitrogens with zero attached hydrogens (tertiary/aromatic N) is 1. The van der Waals surface area contributed by atoms with Crippen LogP contribution in [0, 0.1) is 0 Å². The van der Waals surface area contributed by atoms with E-state index in [0.717, 1.165) is 15.6 Å². The quantitative estimate of drug-likeness (QED) is 0.343. The Bertz CT molecular complexity index is 926. The normalized spacial score (nSPS) is 15.0. The summed E-state index contributed by atoms with van der Waals surface area (Å²) in [6, 6.07) is 30.0. The Kier molecular flexibility index (Phi) is 8.66. The Labute approximate surface area is 197 Å². The standard InChI is InChI=1S/C27H31NO3Se/c1-21(25(29)27(2,26(30)31-3)32-24-17-11-6-12-18-24)28(19-22-13-7-4-8-14-22)20-23-15-9-5-10-16-23/h4-18,21,25,29H,19-20H2,1-3H3/t21-,25+,27-/m0/s1. The van der Waals surface area contributed by atoms with Gasteiger partial charge in [-0.1, -0.05) is 0 Å². The molecule has 0 saturated carbocycles. The molecule has 1 N–H and O–H groups in total. The molecule has 0 aliphatic heterocycles. The van der Waals surface area contributed by atoms with Crippen LogP contribution in [0.2, 0.25) is 4.31 Å². The molecule has 168 valence electrons. The van der Waals surface area contributed by atoms with Gasteiger partial charge in [-0.2, -0.15) is 0 Å². The Morgan fingerprint density at radius 2 is 1.34 bits per heavy atom. The van der Waals surface area contributed by atoms with Crippen molar-refractivity contribution in [3.8, 4) is 0 Å². The van der Waals surface area contributed by atoms with E-state index in [-0.39, 0.29) is 27.0 Å². The molecule has 5 heteroatoms. The number of benzene rings is 3. The summed E-state index contributed by atoms with van der Waals surface area (Å²) in [7, 11) is 1.39. The van der Waals surface area contributed by atoms with Crippen LogP contribution in [0.25, 0.3) is 0 Å². The summed E-state index contributed by atoms with van der Waals surface area (Å²) >= 11 is -0.305. The minimum atomic E-state index is -1.02. The van der Waals surface area contributed by atoms with Crippen LogP contribution in [-0.4, -0.2) is 50.2 Å². The van der Waals surface area contributed by atoms with Crippen molar-refractivity contribution >= 4 is 25.4 Å². The van der Waals surface area contributed by atoms with Gasteiger partial charge in [-0.15, -0.1) is 0 Å². The predicted molar refractivity (Wildman–Crippen MR) is 130 cm³/mol. The van der Waals surface area contributed by atoms with Crippen LogP contribution in [0.1, 0.15) is 25.0 Å². The second-order valence-corrected chi connectivity index (χ2v) is 11.3. The molecule has 0 aliphatic rings. The summed E-state index contributed by atoms with van der Waals surface area (Å²) in [4.78, 5) is 15.2. The predicted octanol–water partition coefficient (Wildman–Crippen LogP) is 3.82. The number of hydrogen-bond donors (Lipinski definition) is 1. The number of methoxy groups -OCH3 is 1. The zero-order chi connectivity index (χ0) is 23.0. The average Bonchev–Trinajstić information content (AvgIpc) is 2.84. The number of esters is 1. The van der Waals surface area contributed by atoms with E-state index in [4.69, 9.17) is 4.74 Å². The number of aliphatic hydroxyl groups excluding tert-OH is 1. The third kappa shape index (κ3) is 6.08. The van der Waals surface area contributed by atoms with E-state index in [1.54, 1.807) is 0 Å². The van der Waals surface area contributed by atoms with Gasteiger partial charge in [-0.25, -0.2) is 0 Å². The molecule has 0 aromatic heterocycles. The van der Waals surface area contributed by atoms with Gasteiger partial charge in [-0.05, 0) is 0 Å². The molecule has 0 amide bonds. The first-order valence-electron chi connectivity index (χ1n) is 10.8. The molecule has 0 aliphatic carbocycles. The summed E-state index contributed by atoms with van der Waals surface area (Å²) < 4.78 is 5.21. The number of ether oxygens (including phenoxy) is 1. The minimum absolute atomic E-state index is 0.273. The monoisotopic (exact) mass is 497 g/mol. The number of rotatable bonds is 10. The first kappa shape index (κ1) is 24.2. The second-order valence-electron chi connectivity index (χ2n) is 8.08. The van der Waals surface area contributed by atoms with Gasteiger partial charge >= 0.3 is 198 Å². The van der Waals surface area contributed by atoms with Crippen LogP contribution >= 0.6 is 0 Å². The molecule has 0 heterocycles. The van der Waals surface area contributed by atoms with Crippen LogP contribution < -0.4 is 4.46 Å². The van der Waals surface area contributed by atoms with Crippen molar-refractivity contribution in [3.05, 3.63) is 102 Å². The van der Waals surface area contributed by atoms with Gasteiger partial charge in [0.2, 0.25) is 0 Å². The Balaban J connectivity index is 1.90. The number of carbonyl (C=O) groups is 1. The SMILES string of the molecule is COC(=O)[C@@](C)([Se]c1ccccc1)[C@H](O)[C@H](C)N(Cc1ccccc1)Cc1ccccc1. The average molecular weight is 497 g/mol. The summed E-state index contributed by atoms with van der Waals surface area (Å²) in [5, 5.41) is 11.6. The van der Waals surface area contributed by atoms with Crippen LogP contribution in [0.3, 0.4) is 0 Å². The zero-order valence-electron chi connectivity index (χ0n) is 18.8. The fourth-order valence-electron chi connectivity index (χ4n) is 3.80. The van der Waals surface area contributed by atoms with Crippen molar-refractivity contribution in [2.75, 3.05) is 7.11 Å². The van der Waals surface area contributed by atoms with Crippen molar-refractivity contribution in [2.45, 2.75) is 43.4 Å². The molecular formula is C27H31NO3Se. The van der Waals surface area contributed by atoms with Gasteiger partial charge < -0.3 is 0 Å². The Morgan fingerprint density at radius 3 is 1.78 bits per heavy atom. The van der Waals surface area contributed by atoms with Gasteiger partial charge in [0.05, 0.1) is 0 Å². The van der Waals surface area contributed by atoms with Gasteiger partial charge in [0.15, 0.2) is 0 Å². The van der Waals surface area contributed by atoms with Crippen LogP contribution in [0.5, 0.6) is 0 Å². The molecule has 3 rings (SSSR count). The third-order valence-electron chi connectivity index (χ3n) is 5.72. The van der Waals surface area contributed by atoms with Gasteiger partial charge in [0.25, 0.3) is 0 Å². The molecule has 3 aromatic rings.